The van der Waals surface area contributed by atoms with Crippen molar-refractivity contribution in [3.8, 4) is 0 Å². The fraction of sp³-hybridized carbons (Fsp3) is 0.273. The number of halogens is 1. The first-order chi connectivity index (χ1) is 8.50. The van der Waals surface area contributed by atoms with Crippen molar-refractivity contribution in [2.45, 2.75) is 6.04 Å². The van der Waals surface area contributed by atoms with Gasteiger partial charge in [-0.15, -0.1) is 0 Å². The van der Waals surface area contributed by atoms with Crippen LogP contribution in [0.5, 0.6) is 0 Å². The molecule has 7 heteroatoms. The van der Waals surface area contributed by atoms with Crippen molar-refractivity contribution >= 4 is 39.5 Å². The highest BCUT2D eigenvalue weighted by molar-refractivity contribution is 8.25. The second kappa shape index (κ2) is 3.96. The number of hydrogen-bond donors (Lipinski definition) is 2. The average Bonchev–Trinajstić information content (AvgIpc) is 2.67. The topological polar surface area (TPSA) is 75.4 Å². The number of fused-ring (bicyclic) bond motifs is 1. The summed E-state index contributed by atoms with van der Waals surface area (Å²) in [4.78, 5) is 15.2. The molecule has 1 aliphatic heterocycles. The zero-order chi connectivity index (χ0) is 12.9. The third kappa shape index (κ3) is 1.81. The molecule has 1 aliphatic rings. The number of carbonyl (C=O) groups is 1. The molecule has 3 heterocycles. The van der Waals surface area contributed by atoms with Gasteiger partial charge in [-0.25, -0.2) is 4.98 Å². The number of aromatic nitrogens is 2. The number of nitrogens with zero attached hydrogens (tertiary/aromatic N) is 2. The predicted molar refractivity (Wildman–Crippen MR) is 71.8 cm³/mol. The fourth-order valence-corrected chi connectivity index (χ4v) is 3.90. The minimum Gasteiger partial charge on any atom is -0.326 e. The van der Waals surface area contributed by atoms with E-state index in [-0.39, 0.29) is 11.2 Å². The van der Waals surface area contributed by atoms with E-state index in [0.29, 0.717) is 22.7 Å². The highest BCUT2D eigenvalue weighted by atomic mass is 35.5. The summed E-state index contributed by atoms with van der Waals surface area (Å²) in [5, 5.41) is 0.994. The Balaban J connectivity index is 2.09. The Morgan fingerprint density at radius 2 is 2.22 bits per heavy atom. The summed E-state index contributed by atoms with van der Waals surface area (Å²) in [7, 11) is -2.40. The van der Waals surface area contributed by atoms with Crippen molar-refractivity contribution in [3.05, 3.63) is 29.0 Å². The maximum atomic E-state index is 11.0. The van der Waals surface area contributed by atoms with Crippen LogP contribution in [0, 0.1) is 0 Å². The molecule has 0 spiro atoms. The van der Waals surface area contributed by atoms with Gasteiger partial charge in [0.25, 0.3) is 0 Å². The molecule has 5 nitrogen and oxygen atoms in total. The first-order valence-electron chi connectivity index (χ1n) is 5.36. The van der Waals surface area contributed by atoms with Crippen molar-refractivity contribution in [2.24, 2.45) is 0 Å². The van der Waals surface area contributed by atoms with Crippen LogP contribution in [-0.4, -0.2) is 36.4 Å². The Hall–Kier alpha value is -1.08. The average molecular weight is 287 g/mol. The maximum absolute atomic E-state index is 11.0. The molecule has 0 amide bonds. The van der Waals surface area contributed by atoms with E-state index in [2.05, 4.69) is 4.98 Å². The molecule has 0 aromatic carbocycles. The summed E-state index contributed by atoms with van der Waals surface area (Å²) in [6, 6.07) is 3.33. The van der Waals surface area contributed by atoms with Gasteiger partial charge in [-0.3, -0.25) is 13.9 Å². The second-order valence-electron chi connectivity index (χ2n) is 4.40. The normalized spacial score (nSPS) is 20.6. The molecule has 0 saturated carbocycles. The number of pyridine rings is 1. The minimum atomic E-state index is -2.40. The van der Waals surface area contributed by atoms with Crippen LogP contribution >= 0.6 is 22.2 Å². The molecule has 1 saturated heterocycles. The third-order valence-corrected chi connectivity index (χ3v) is 5.16. The Morgan fingerprint density at radius 3 is 2.83 bits per heavy atom. The summed E-state index contributed by atoms with van der Waals surface area (Å²) < 4.78 is 20.7. The molecule has 96 valence electrons. The molecule has 0 aliphatic carbocycles. The van der Waals surface area contributed by atoms with Gasteiger partial charge in [0.15, 0.2) is 6.29 Å². The van der Waals surface area contributed by atoms with E-state index in [1.54, 1.807) is 12.3 Å². The van der Waals surface area contributed by atoms with E-state index >= 15 is 0 Å². The lowest BCUT2D eigenvalue weighted by atomic mass is 10.2. The van der Waals surface area contributed by atoms with Crippen molar-refractivity contribution in [1.29, 1.82) is 0 Å². The largest absolute Gasteiger partial charge is 0.326 e. The minimum absolute atomic E-state index is 0.0120. The molecule has 0 radical (unpaired) electrons. The molecular weight excluding hydrogens is 276 g/mol. The van der Waals surface area contributed by atoms with Crippen LogP contribution in [0.3, 0.4) is 0 Å². The quantitative estimate of drug-likeness (QED) is 0.657. The van der Waals surface area contributed by atoms with Crippen LogP contribution in [0.2, 0.25) is 5.15 Å². The van der Waals surface area contributed by atoms with Gasteiger partial charge < -0.3 is 4.57 Å². The number of aldehydes is 1. The molecule has 3 rings (SSSR count). The number of carbonyl (C=O) groups excluding carboxylic acids is 1. The summed E-state index contributed by atoms with van der Waals surface area (Å²) in [6.07, 6.45) is 2.55. The van der Waals surface area contributed by atoms with Gasteiger partial charge >= 0.3 is 0 Å². The number of hydrogen-bond acceptors (Lipinski definition) is 4. The second-order valence-corrected chi connectivity index (χ2v) is 7.06. The molecule has 2 N–H and O–H groups in total. The fourth-order valence-electron chi connectivity index (χ4n) is 2.24. The van der Waals surface area contributed by atoms with Gasteiger partial charge in [-0.1, -0.05) is 11.6 Å². The predicted octanol–water partition coefficient (Wildman–Crippen LogP) is 2.81. The van der Waals surface area contributed by atoms with Gasteiger partial charge in [0.1, 0.15) is 10.8 Å². The van der Waals surface area contributed by atoms with E-state index in [1.165, 1.54) is 6.07 Å². The zero-order valence-corrected chi connectivity index (χ0v) is 10.9. The van der Waals surface area contributed by atoms with E-state index in [9.17, 15) is 13.9 Å². The molecule has 2 aromatic heterocycles. The Bertz CT molecular complexity index is 632. The van der Waals surface area contributed by atoms with Gasteiger partial charge in [-0.2, -0.15) is 10.6 Å². The Kier molecular flexibility index (Phi) is 2.63. The van der Waals surface area contributed by atoms with Crippen LogP contribution in [0.4, 0.5) is 0 Å². The zero-order valence-electron chi connectivity index (χ0n) is 9.28. The standard InChI is InChI=1S/C11H11ClN2O3S/c12-10-3-7(4-15)9-1-2-14(11(9)13-10)8-5-18(16,17)6-8/h1-4,8,16-17H,5-6H2. The van der Waals surface area contributed by atoms with Gasteiger partial charge in [-0.05, 0) is 12.1 Å². The van der Waals surface area contributed by atoms with Crippen LogP contribution in [0.15, 0.2) is 18.3 Å². The van der Waals surface area contributed by atoms with Crippen molar-refractivity contribution in [2.75, 3.05) is 11.5 Å². The Labute approximate surface area is 110 Å². The van der Waals surface area contributed by atoms with Crippen LogP contribution in [0.25, 0.3) is 11.0 Å². The molecule has 2 aromatic rings. The monoisotopic (exact) mass is 286 g/mol. The first kappa shape index (κ1) is 12.0. The van der Waals surface area contributed by atoms with E-state index in [4.69, 9.17) is 11.6 Å². The van der Waals surface area contributed by atoms with Gasteiger partial charge in [0, 0.05) is 17.1 Å². The summed E-state index contributed by atoms with van der Waals surface area (Å²) in [5.74, 6) is 0.669. The molecule has 1 fully saturated rings. The lowest BCUT2D eigenvalue weighted by molar-refractivity contribution is 0.112. The smallest absolute Gasteiger partial charge is 0.150 e. The lowest BCUT2D eigenvalue weighted by Gasteiger charge is -2.47. The van der Waals surface area contributed by atoms with Gasteiger partial charge in [0.05, 0.1) is 17.5 Å². The van der Waals surface area contributed by atoms with Gasteiger partial charge in [0.2, 0.25) is 0 Å². The van der Waals surface area contributed by atoms with Crippen molar-refractivity contribution in [1.82, 2.24) is 9.55 Å². The maximum Gasteiger partial charge on any atom is 0.150 e. The molecular formula is C11H11ClN2O3S. The summed E-state index contributed by atoms with van der Waals surface area (Å²) >= 11 is 5.88. The van der Waals surface area contributed by atoms with E-state index in [1.807, 2.05) is 4.57 Å². The lowest BCUT2D eigenvalue weighted by Crippen LogP contribution is -2.34. The van der Waals surface area contributed by atoms with E-state index < -0.39 is 10.6 Å². The van der Waals surface area contributed by atoms with Crippen LogP contribution in [-0.2, 0) is 0 Å². The van der Waals surface area contributed by atoms with Crippen molar-refractivity contribution in [3.63, 3.8) is 0 Å². The van der Waals surface area contributed by atoms with Crippen LogP contribution < -0.4 is 0 Å². The number of rotatable bonds is 2. The van der Waals surface area contributed by atoms with Crippen LogP contribution in [0.1, 0.15) is 16.4 Å². The Morgan fingerprint density at radius 1 is 1.50 bits per heavy atom. The highest BCUT2D eigenvalue weighted by Gasteiger charge is 2.35. The SMILES string of the molecule is O=Cc1cc(Cl)nc2c1ccn2C1CS(O)(O)C1. The van der Waals surface area contributed by atoms with Crippen molar-refractivity contribution < 1.29 is 13.9 Å². The molecule has 0 unspecified atom stereocenters. The first-order valence-corrected chi connectivity index (χ1v) is 7.62. The molecule has 0 bridgehead atoms. The molecule has 18 heavy (non-hydrogen) atoms. The summed E-state index contributed by atoms with van der Waals surface area (Å²) in [6.45, 7) is 0. The molecule has 0 atom stereocenters. The third-order valence-electron chi connectivity index (χ3n) is 3.12. The highest BCUT2D eigenvalue weighted by Crippen LogP contribution is 2.54. The van der Waals surface area contributed by atoms with E-state index in [0.717, 1.165) is 11.7 Å². The summed E-state index contributed by atoms with van der Waals surface area (Å²) in [5.41, 5.74) is 1.11.